The van der Waals surface area contributed by atoms with Gasteiger partial charge in [0.15, 0.2) is 0 Å². The van der Waals surface area contributed by atoms with Gasteiger partial charge in [-0.3, -0.25) is 9.97 Å². The van der Waals surface area contributed by atoms with Crippen LogP contribution in [0.25, 0.3) is 21.8 Å². The number of unbranched alkanes of at least 4 members (excludes halogenated alkanes) is 8. The molecule has 0 amide bonds. The Morgan fingerprint density at radius 3 is 1.65 bits per heavy atom. The Labute approximate surface area is 434 Å². The number of aromatic nitrogens is 2. The van der Waals surface area contributed by atoms with E-state index in [0.29, 0.717) is 23.9 Å². The number of anilines is 2. The second-order valence-electron chi connectivity index (χ2n) is 23.2. The number of allylic oxidation sites excluding steroid dienone is 4. The number of nitrogens with two attached hydrogens (primary N) is 2. The second-order valence-corrected chi connectivity index (χ2v) is 23.2. The van der Waals surface area contributed by atoms with E-state index in [1.807, 2.05) is 0 Å². The van der Waals surface area contributed by atoms with Gasteiger partial charge in [0.25, 0.3) is 0 Å². The largest absolute Gasteiger partial charge is 0.384 e. The molecule has 388 valence electrons. The summed E-state index contributed by atoms with van der Waals surface area (Å²) in [6, 6.07) is 18.1. The van der Waals surface area contributed by atoms with Gasteiger partial charge in [0.05, 0.1) is 11.0 Å². The fourth-order valence-corrected chi connectivity index (χ4v) is 14.5. The first-order chi connectivity index (χ1) is 35.2. The lowest BCUT2D eigenvalue weighted by atomic mass is 9.63. The molecule has 0 saturated heterocycles. The fourth-order valence-electron chi connectivity index (χ4n) is 14.5. The van der Waals surface area contributed by atoms with Crippen molar-refractivity contribution in [1.82, 2.24) is 20.6 Å². The van der Waals surface area contributed by atoms with Gasteiger partial charge < -0.3 is 32.7 Å². The van der Waals surface area contributed by atoms with Crippen LogP contribution in [0.15, 0.2) is 95.1 Å². The first-order valence-corrected chi connectivity index (χ1v) is 29.2. The van der Waals surface area contributed by atoms with E-state index < -0.39 is 0 Å². The molecule has 6 aliphatic rings. The highest BCUT2D eigenvalue weighted by molar-refractivity contribution is 5.94. The van der Waals surface area contributed by atoms with E-state index in [2.05, 4.69) is 122 Å². The van der Waals surface area contributed by atoms with Gasteiger partial charge >= 0.3 is 0 Å². The third-order valence-corrected chi connectivity index (χ3v) is 17.6. The quantitative estimate of drug-likeness (QED) is 0.0382. The van der Waals surface area contributed by atoms with Crippen molar-refractivity contribution < 1.29 is 0 Å². The van der Waals surface area contributed by atoms with Crippen LogP contribution in [0.5, 0.6) is 0 Å². The highest BCUT2D eigenvalue weighted by atomic mass is 15.0. The van der Waals surface area contributed by atoms with Gasteiger partial charge in [-0.1, -0.05) is 110 Å². The maximum Gasteiger partial charge on any atom is 0.0726 e. The summed E-state index contributed by atoms with van der Waals surface area (Å²) in [5.74, 6) is 1.08. The highest BCUT2D eigenvalue weighted by Crippen LogP contribution is 2.47. The smallest absolute Gasteiger partial charge is 0.0726 e. The molecular formula is C64H92N8. The Hall–Kier alpha value is -4.34. The van der Waals surface area contributed by atoms with Gasteiger partial charge in [-0.25, -0.2) is 0 Å². The summed E-state index contributed by atoms with van der Waals surface area (Å²) in [5, 5.41) is 18.1. The molecule has 6 atom stereocenters. The minimum Gasteiger partial charge on any atom is -0.384 e. The molecular weight excluding hydrogens is 881 g/mol. The van der Waals surface area contributed by atoms with E-state index in [9.17, 15) is 0 Å². The van der Waals surface area contributed by atoms with Crippen LogP contribution in [0, 0.1) is 11.8 Å². The molecule has 5 unspecified atom stereocenters. The zero-order valence-electron chi connectivity index (χ0n) is 45.1. The summed E-state index contributed by atoms with van der Waals surface area (Å²) in [6.45, 7) is 13.2. The average molecular weight is 973 g/mol. The molecule has 0 aliphatic heterocycles. The van der Waals surface area contributed by atoms with Crippen LogP contribution in [-0.4, -0.2) is 59.3 Å². The monoisotopic (exact) mass is 973 g/mol. The molecule has 2 fully saturated rings. The van der Waals surface area contributed by atoms with Crippen molar-refractivity contribution in [3.8, 4) is 0 Å². The summed E-state index contributed by atoms with van der Waals surface area (Å²) in [4.78, 5) is 9.94. The van der Waals surface area contributed by atoms with Crippen LogP contribution < -0.4 is 32.7 Å². The molecule has 4 aromatic rings. The standard InChI is InChI=1S/2C32H46N4/c1-3-28-24-19-23(2)21-32(28,33)22-25(20-24)34-17-11-5-4-6-12-18-35-31-26-13-7-9-15-29(26)36-30-16-10-8-14-27(30)31;1-3-28-24-19-23(2)21-32(28,22-25(33)20-24)35-18-12-6-4-5-11-17-34-31-26-13-7-9-15-29(26)36-30-16-10-8-14-27(30)31/h3,7,9,13,15,19,24-25,34H,4-6,8,10-12,14,16-18,20-22,33H2,1-2H3,(H,35,36);3,7,9,13,15,19,24-25,35H,4-6,8,10-12,14,16-18,20-22,33H2,1-2H3,(H,34,36)/b28-3-;28-3+/t24?,25?,32-;/m0./s1. The number of nitrogens with zero attached hydrogens (tertiary/aromatic N) is 2. The molecule has 8 nitrogen and oxygen atoms in total. The normalized spacial score (nSPS) is 26.6. The molecule has 2 heterocycles. The summed E-state index contributed by atoms with van der Waals surface area (Å²) in [7, 11) is 0. The molecule has 8 N–H and O–H groups in total. The molecule has 72 heavy (non-hydrogen) atoms. The van der Waals surface area contributed by atoms with Gasteiger partial charge in [0.1, 0.15) is 0 Å². The fraction of sp³-hybridized carbons (Fsp3) is 0.594. The van der Waals surface area contributed by atoms with E-state index in [1.54, 1.807) is 5.57 Å². The van der Waals surface area contributed by atoms with Crippen LogP contribution >= 0.6 is 0 Å². The zero-order chi connectivity index (χ0) is 49.9. The van der Waals surface area contributed by atoms with Crippen molar-refractivity contribution in [2.45, 2.75) is 205 Å². The topological polar surface area (TPSA) is 126 Å². The number of para-hydroxylation sites is 2. The number of pyridine rings is 2. The van der Waals surface area contributed by atoms with E-state index in [1.165, 1.54) is 171 Å². The predicted octanol–water partition coefficient (Wildman–Crippen LogP) is 13.7. The van der Waals surface area contributed by atoms with Crippen molar-refractivity contribution >= 4 is 33.2 Å². The van der Waals surface area contributed by atoms with Crippen LogP contribution in [0.3, 0.4) is 0 Å². The van der Waals surface area contributed by atoms with E-state index in [0.717, 1.165) is 82.2 Å². The summed E-state index contributed by atoms with van der Waals surface area (Å²) < 4.78 is 0. The van der Waals surface area contributed by atoms with Crippen molar-refractivity contribution in [2.75, 3.05) is 36.8 Å². The Bertz CT molecular complexity index is 2590. The Balaban J connectivity index is 0.000000178. The number of hydrogen-bond acceptors (Lipinski definition) is 8. The van der Waals surface area contributed by atoms with Gasteiger partial charge in [-0.2, -0.15) is 0 Å². The minimum absolute atomic E-state index is 0.103. The molecule has 2 saturated carbocycles. The van der Waals surface area contributed by atoms with Crippen molar-refractivity contribution in [3.63, 3.8) is 0 Å². The maximum atomic E-state index is 6.89. The number of hydrogen-bond donors (Lipinski definition) is 6. The van der Waals surface area contributed by atoms with E-state index in [4.69, 9.17) is 21.4 Å². The molecule has 6 aliphatic carbocycles. The average Bonchev–Trinajstić information content (AvgIpc) is 3.36. The number of rotatable bonds is 20. The van der Waals surface area contributed by atoms with Gasteiger partial charge in [0, 0.05) is 81.6 Å². The van der Waals surface area contributed by atoms with Gasteiger partial charge in [-0.05, 0) is 191 Å². The van der Waals surface area contributed by atoms with Crippen molar-refractivity contribution in [2.24, 2.45) is 23.3 Å². The lowest BCUT2D eigenvalue weighted by Gasteiger charge is -2.49. The molecule has 2 aromatic carbocycles. The van der Waals surface area contributed by atoms with Crippen molar-refractivity contribution in [3.05, 3.63) is 118 Å². The van der Waals surface area contributed by atoms with Crippen LogP contribution in [0.1, 0.15) is 179 Å². The number of fused-ring (bicyclic) bond motifs is 8. The molecule has 2 aromatic heterocycles. The lowest BCUT2D eigenvalue weighted by Crippen LogP contribution is -2.57. The summed E-state index contributed by atoms with van der Waals surface area (Å²) >= 11 is 0. The molecule has 4 bridgehead atoms. The predicted molar refractivity (Wildman–Crippen MR) is 307 cm³/mol. The maximum absolute atomic E-state index is 6.89. The zero-order valence-corrected chi connectivity index (χ0v) is 45.1. The van der Waals surface area contributed by atoms with Crippen LogP contribution in [0.4, 0.5) is 11.4 Å². The minimum atomic E-state index is -0.124. The Kier molecular flexibility index (Phi) is 18.1. The third-order valence-electron chi connectivity index (χ3n) is 17.6. The molecule has 0 spiro atoms. The number of aryl methyl sites for hydroxylation is 2. The van der Waals surface area contributed by atoms with Gasteiger partial charge in [-0.15, -0.1) is 0 Å². The Morgan fingerprint density at radius 2 is 1.08 bits per heavy atom. The Morgan fingerprint density at radius 1 is 0.583 bits per heavy atom. The van der Waals surface area contributed by atoms with Gasteiger partial charge in [0.2, 0.25) is 0 Å². The highest BCUT2D eigenvalue weighted by Gasteiger charge is 2.45. The SMILES string of the molecule is C/C=C1/C2C=C(C)C[C@]1(N)CC(NCCCCCCCNc1c3c(nc4ccccc14)CCCC3)C2.C/C=C1\C2C=C(C)CC1(NCCCCCCCNc1c3c(nc4ccccc14)CCCC3)CC(N)C2. The molecule has 8 heteroatoms. The van der Waals surface area contributed by atoms with Crippen molar-refractivity contribution in [1.29, 1.82) is 0 Å². The van der Waals surface area contributed by atoms with Crippen LogP contribution in [-0.2, 0) is 25.7 Å². The summed E-state index contributed by atoms with van der Waals surface area (Å²) in [5.41, 5.74) is 30.0. The summed E-state index contributed by atoms with van der Waals surface area (Å²) in [6.07, 6.45) is 38.7. The first kappa shape index (κ1) is 52.5. The number of nitrogens with one attached hydrogen (secondary N) is 4. The first-order valence-electron chi connectivity index (χ1n) is 29.2. The van der Waals surface area contributed by atoms with Crippen LogP contribution in [0.2, 0.25) is 0 Å². The van der Waals surface area contributed by atoms with E-state index in [-0.39, 0.29) is 11.1 Å². The molecule has 0 radical (unpaired) electrons. The molecule has 10 rings (SSSR count). The van der Waals surface area contributed by atoms with E-state index >= 15 is 0 Å². The number of benzene rings is 2. The second kappa shape index (κ2) is 24.8. The lowest BCUT2D eigenvalue weighted by molar-refractivity contribution is 0.241. The third kappa shape index (κ3) is 12.4.